The van der Waals surface area contributed by atoms with Crippen molar-refractivity contribution in [3.8, 4) is 5.75 Å². The first-order valence-corrected chi connectivity index (χ1v) is 5.03. The fourth-order valence-electron chi connectivity index (χ4n) is 2.15. The summed E-state index contributed by atoms with van der Waals surface area (Å²) in [6, 6.07) is 1.44. The van der Waals surface area contributed by atoms with E-state index in [4.69, 9.17) is 10.5 Å². The van der Waals surface area contributed by atoms with Gasteiger partial charge in [0.2, 0.25) is 0 Å². The van der Waals surface area contributed by atoms with E-state index in [1.165, 1.54) is 0 Å². The Morgan fingerprint density at radius 1 is 1.40 bits per heavy atom. The monoisotopic (exact) mass is 205 g/mol. The van der Waals surface area contributed by atoms with Crippen LogP contribution in [-0.2, 0) is 6.42 Å². The summed E-state index contributed by atoms with van der Waals surface area (Å²) in [5.41, 5.74) is 9.80. The van der Waals surface area contributed by atoms with Gasteiger partial charge >= 0.3 is 0 Å². The minimum atomic E-state index is -0.370. The van der Waals surface area contributed by atoms with Crippen LogP contribution in [-0.4, -0.2) is 18.9 Å². The lowest BCUT2D eigenvalue weighted by atomic mass is 9.98. The molecule has 0 spiro atoms. The largest absolute Gasteiger partial charge is 0.496 e. The first kappa shape index (κ1) is 10.2. The number of carbonyl (C=O) groups is 1. The molecule has 1 aromatic carbocycles. The minimum absolute atomic E-state index is 0.0337. The number of ketones is 1. The lowest BCUT2D eigenvalue weighted by Crippen LogP contribution is -2.26. The van der Waals surface area contributed by atoms with Gasteiger partial charge in [-0.1, -0.05) is 0 Å². The number of carbonyl (C=O) groups excluding carboxylic acids is 1. The SMILES string of the molecule is COc1cc2c(c(C)c1C)CC(N)C2=O. The van der Waals surface area contributed by atoms with Crippen LogP contribution in [0, 0.1) is 13.8 Å². The van der Waals surface area contributed by atoms with Crippen molar-refractivity contribution in [2.75, 3.05) is 7.11 Å². The number of Topliss-reactive ketones (excluding diaryl/α,β-unsaturated/α-hetero) is 1. The van der Waals surface area contributed by atoms with Crippen LogP contribution < -0.4 is 10.5 Å². The fourth-order valence-corrected chi connectivity index (χ4v) is 2.15. The molecule has 1 unspecified atom stereocenters. The molecule has 15 heavy (non-hydrogen) atoms. The standard InChI is InChI=1S/C12H15NO2/c1-6-7(2)11(15-3)5-9-8(6)4-10(13)12(9)14/h5,10H,4,13H2,1-3H3. The molecule has 2 rings (SSSR count). The molecule has 0 saturated heterocycles. The maximum Gasteiger partial charge on any atom is 0.180 e. The number of ether oxygens (including phenoxy) is 1. The first-order valence-electron chi connectivity index (χ1n) is 5.03. The zero-order valence-electron chi connectivity index (χ0n) is 9.26. The Balaban J connectivity index is 2.66. The topological polar surface area (TPSA) is 52.3 Å². The predicted molar refractivity (Wildman–Crippen MR) is 58.5 cm³/mol. The average Bonchev–Trinajstić information content (AvgIpc) is 2.50. The molecule has 0 bridgehead atoms. The van der Waals surface area contributed by atoms with Gasteiger partial charge in [0.05, 0.1) is 13.2 Å². The van der Waals surface area contributed by atoms with Crippen LogP contribution in [0.25, 0.3) is 0 Å². The average molecular weight is 205 g/mol. The summed E-state index contributed by atoms with van der Waals surface area (Å²) < 4.78 is 5.24. The second kappa shape index (κ2) is 3.35. The Labute approximate surface area is 89.2 Å². The molecule has 0 fully saturated rings. The maximum atomic E-state index is 11.7. The fraction of sp³-hybridized carbons (Fsp3) is 0.417. The van der Waals surface area contributed by atoms with Gasteiger partial charge in [0.1, 0.15) is 5.75 Å². The summed E-state index contributed by atoms with van der Waals surface area (Å²) in [5, 5.41) is 0. The van der Waals surface area contributed by atoms with Crippen LogP contribution in [0.15, 0.2) is 6.07 Å². The lowest BCUT2D eigenvalue weighted by Gasteiger charge is -2.11. The molecule has 0 amide bonds. The highest BCUT2D eigenvalue weighted by molar-refractivity contribution is 6.05. The van der Waals surface area contributed by atoms with Crippen molar-refractivity contribution in [3.05, 3.63) is 28.3 Å². The molecule has 0 heterocycles. The number of benzene rings is 1. The quantitative estimate of drug-likeness (QED) is 0.753. The van der Waals surface area contributed by atoms with Gasteiger partial charge < -0.3 is 10.5 Å². The van der Waals surface area contributed by atoms with E-state index < -0.39 is 0 Å². The zero-order chi connectivity index (χ0) is 11.2. The molecule has 0 radical (unpaired) electrons. The van der Waals surface area contributed by atoms with Crippen molar-refractivity contribution in [2.45, 2.75) is 26.3 Å². The van der Waals surface area contributed by atoms with E-state index in [0.717, 1.165) is 28.0 Å². The summed E-state index contributed by atoms with van der Waals surface area (Å²) >= 11 is 0. The molecule has 3 nitrogen and oxygen atoms in total. The number of hydrogen-bond donors (Lipinski definition) is 1. The Hall–Kier alpha value is -1.35. The minimum Gasteiger partial charge on any atom is -0.496 e. The van der Waals surface area contributed by atoms with Crippen LogP contribution >= 0.6 is 0 Å². The van der Waals surface area contributed by atoms with E-state index in [0.29, 0.717) is 6.42 Å². The zero-order valence-corrected chi connectivity index (χ0v) is 9.26. The molecule has 0 aromatic heterocycles. The Kier molecular flexibility index (Phi) is 2.27. The Morgan fingerprint density at radius 2 is 2.07 bits per heavy atom. The summed E-state index contributed by atoms with van der Waals surface area (Å²) in [4.78, 5) is 11.7. The molecule has 80 valence electrons. The van der Waals surface area contributed by atoms with E-state index in [1.54, 1.807) is 7.11 Å². The molecule has 1 aliphatic carbocycles. The normalized spacial score (nSPS) is 19.2. The van der Waals surface area contributed by atoms with Gasteiger partial charge in [-0.05, 0) is 43.0 Å². The number of nitrogens with two attached hydrogens (primary N) is 1. The third-order valence-corrected chi connectivity index (χ3v) is 3.23. The smallest absolute Gasteiger partial charge is 0.180 e. The van der Waals surface area contributed by atoms with Gasteiger partial charge in [0.25, 0.3) is 0 Å². The summed E-state index contributed by atoms with van der Waals surface area (Å²) in [7, 11) is 1.62. The first-order chi connectivity index (χ1) is 7.06. The molecule has 3 heteroatoms. The molecule has 1 aliphatic rings. The molecular formula is C12H15NO2. The van der Waals surface area contributed by atoms with Gasteiger partial charge in [0, 0.05) is 5.56 Å². The number of hydrogen-bond acceptors (Lipinski definition) is 3. The summed E-state index contributed by atoms with van der Waals surface area (Å²) in [5.74, 6) is 0.806. The molecule has 1 aromatic rings. The predicted octanol–water partition coefficient (Wildman–Crippen LogP) is 1.38. The van der Waals surface area contributed by atoms with E-state index in [2.05, 4.69) is 0 Å². The highest BCUT2D eigenvalue weighted by Crippen LogP contribution is 2.32. The van der Waals surface area contributed by atoms with Gasteiger partial charge in [-0.2, -0.15) is 0 Å². The van der Waals surface area contributed by atoms with E-state index in [9.17, 15) is 4.79 Å². The molecule has 2 N–H and O–H groups in total. The third-order valence-electron chi connectivity index (χ3n) is 3.23. The molecule has 1 atom stereocenters. The van der Waals surface area contributed by atoms with Crippen LogP contribution in [0.1, 0.15) is 27.0 Å². The molecule has 0 saturated carbocycles. The molecule has 0 aliphatic heterocycles. The van der Waals surface area contributed by atoms with Crippen molar-refractivity contribution < 1.29 is 9.53 Å². The Morgan fingerprint density at radius 3 is 2.67 bits per heavy atom. The second-order valence-electron chi connectivity index (χ2n) is 4.03. The maximum absolute atomic E-state index is 11.7. The van der Waals surface area contributed by atoms with E-state index >= 15 is 0 Å². The van der Waals surface area contributed by atoms with Crippen LogP contribution in [0.3, 0.4) is 0 Å². The number of methoxy groups -OCH3 is 1. The van der Waals surface area contributed by atoms with Crippen molar-refractivity contribution in [2.24, 2.45) is 5.73 Å². The van der Waals surface area contributed by atoms with Crippen molar-refractivity contribution in [3.63, 3.8) is 0 Å². The van der Waals surface area contributed by atoms with Gasteiger partial charge in [-0.3, -0.25) is 4.79 Å². The highest BCUT2D eigenvalue weighted by atomic mass is 16.5. The van der Waals surface area contributed by atoms with Crippen LogP contribution in [0.4, 0.5) is 0 Å². The molecular weight excluding hydrogens is 190 g/mol. The third kappa shape index (κ3) is 1.35. The van der Waals surface area contributed by atoms with Gasteiger partial charge in [-0.25, -0.2) is 0 Å². The van der Waals surface area contributed by atoms with Gasteiger partial charge in [0.15, 0.2) is 5.78 Å². The number of fused-ring (bicyclic) bond motifs is 1. The highest BCUT2D eigenvalue weighted by Gasteiger charge is 2.30. The summed E-state index contributed by atoms with van der Waals surface area (Å²) in [6.07, 6.45) is 0.658. The lowest BCUT2D eigenvalue weighted by molar-refractivity contribution is 0.0974. The number of rotatable bonds is 1. The van der Waals surface area contributed by atoms with Crippen molar-refractivity contribution >= 4 is 5.78 Å². The van der Waals surface area contributed by atoms with Crippen molar-refractivity contribution in [1.82, 2.24) is 0 Å². The van der Waals surface area contributed by atoms with Crippen LogP contribution in [0.2, 0.25) is 0 Å². The second-order valence-corrected chi connectivity index (χ2v) is 4.03. The Bertz CT molecular complexity index is 438. The van der Waals surface area contributed by atoms with Crippen molar-refractivity contribution in [1.29, 1.82) is 0 Å². The summed E-state index contributed by atoms with van der Waals surface area (Å²) in [6.45, 7) is 4.02. The van der Waals surface area contributed by atoms with E-state index in [1.807, 2.05) is 19.9 Å². The van der Waals surface area contributed by atoms with Gasteiger partial charge in [-0.15, -0.1) is 0 Å². The van der Waals surface area contributed by atoms with E-state index in [-0.39, 0.29) is 11.8 Å². The van der Waals surface area contributed by atoms with Crippen LogP contribution in [0.5, 0.6) is 5.75 Å².